The molecule has 3 aromatic rings. The van der Waals surface area contributed by atoms with Crippen molar-refractivity contribution in [3.8, 4) is 11.5 Å². The monoisotopic (exact) mass is 419 g/mol. The van der Waals surface area contributed by atoms with Crippen molar-refractivity contribution in [2.45, 2.75) is 6.92 Å². The summed E-state index contributed by atoms with van der Waals surface area (Å²) in [6.07, 6.45) is 0. The van der Waals surface area contributed by atoms with E-state index in [1.54, 1.807) is 42.2 Å². The van der Waals surface area contributed by atoms with Crippen molar-refractivity contribution in [2.24, 2.45) is 0 Å². The highest BCUT2D eigenvalue weighted by Crippen LogP contribution is 2.28. The minimum atomic E-state index is -0.0849. The van der Waals surface area contributed by atoms with Crippen LogP contribution in [0.15, 0.2) is 48.5 Å². The number of aromatic nitrogens is 1. The molecule has 2 amide bonds. The largest absolute Gasteiger partial charge is 0.493 e. The van der Waals surface area contributed by atoms with E-state index in [4.69, 9.17) is 9.47 Å². The van der Waals surface area contributed by atoms with Gasteiger partial charge in [-0.25, -0.2) is 0 Å². The SMILES string of the molecule is COc1ccc(C(=O)N2CCN(C(=O)c3cc(C)nc4ccccc34)CC2)cc1OC. The number of hydrogen-bond acceptors (Lipinski definition) is 5. The van der Waals surface area contributed by atoms with E-state index in [2.05, 4.69) is 4.98 Å². The zero-order valence-electron chi connectivity index (χ0n) is 17.9. The summed E-state index contributed by atoms with van der Waals surface area (Å²) in [7, 11) is 3.10. The molecule has 0 bridgehead atoms. The quantitative estimate of drug-likeness (QED) is 0.650. The van der Waals surface area contributed by atoms with Crippen LogP contribution in [0.1, 0.15) is 26.4 Å². The van der Waals surface area contributed by atoms with Gasteiger partial charge in [0.2, 0.25) is 0 Å². The molecule has 0 aliphatic carbocycles. The van der Waals surface area contributed by atoms with E-state index in [1.807, 2.05) is 37.3 Å². The van der Waals surface area contributed by atoms with E-state index < -0.39 is 0 Å². The molecule has 2 heterocycles. The molecule has 31 heavy (non-hydrogen) atoms. The summed E-state index contributed by atoms with van der Waals surface area (Å²) < 4.78 is 10.5. The summed E-state index contributed by atoms with van der Waals surface area (Å²) in [5.41, 5.74) is 2.81. The van der Waals surface area contributed by atoms with Crippen LogP contribution in [0.4, 0.5) is 0 Å². The molecule has 160 valence electrons. The van der Waals surface area contributed by atoms with Gasteiger partial charge in [0.15, 0.2) is 11.5 Å². The lowest BCUT2D eigenvalue weighted by Gasteiger charge is -2.35. The molecule has 0 radical (unpaired) electrons. The number of rotatable bonds is 4. The van der Waals surface area contributed by atoms with Gasteiger partial charge in [0.25, 0.3) is 11.8 Å². The summed E-state index contributed by atoms with van der Waals surface area (Å²) in [4.78, 5) is 34.3. The Kier molecular flexibility index (Phi) is 5.75. The third kappa shape index (κ3) is 4.03. The molecule has 0 atom stereocenters. The lowest BCUT2D eigenvalue weighted by molar-refractivity contribution is 0.0536. The molecule has 0 spiro atoms. The number of piperazine rings is 1. The number of carbonyl (C=O) groups is 2. The van der Waals surface area contributed by atoms with Crippen LogP contribution < -0.4 is 9.47 Å². The summed E-state index contributed by atoms with van der Waals surface area (Å²) in [6, 6.07) is 14.6. The number of methoxy groups -OCH3 is 2. The van der Waals surface area contributed by atoms with Gasteiger partial charge in [-0.15, -0.1) is 0 Å². The van der Waals surface area contributed by atoms with Crippen LogP contribution in [-0.4, -0.2) is 67.0 Å². The number of aryl methyl sites for hydroxylation is 1. The molecule has 0 saturated carbocycles. The second-order valence-corrected chi connectivity index (χ2v) is 7.48. The van der Waals surface area contributed by atoms with Crippen molar-refractivity contribution in [3.63, 3.8) is 0 Å². The topological polar surface area (TPSA) is 72.0 Å². The molecule has 2 aromatic carbocycles. The fraction of sp³-hybridized carbons (Fsp3) is 0.292. The number of carbonyl (C=O) groups excluding carboxylic acids is 2. The summed E-state index contributed by atoms with van der Waals surface area (Å²) in [6.45, 7) is 3.80. The Morgan fingerprint density at radius 3 is 2.16 bits per heavy atom. The highest BCUT2D eigenvalue weighted by molar-refractivity contribution is 6.06. The highest BCUT2D eigenvalue weighted by Gasteiger charge is 2.27. The number of benzene rings is 2. The highest BCUT2D eigenvalue weighted by atomic mass is 16.5. The van der Waals surface area contributed by atoms with Crippen molar-refractivity contribution >= 4 is 22.7 Å². The normalized spacial score (nSPS) is 13.9. The van der Waals surface area contributed by atoms with Gasteiger partial charge in [0.05, 0.1) is 25.3 Å². The molecule has 7 nitrogen and oxygen atoms in total. The average molecular weight is 419 g/mol. The second kappa shape index (κ2) is 8.63. The molecule has 1 aliphatic rings. The van der Waals surface area contributed by atoms with Crippen LogP contribution in [0.5, 0.6) is 11.5 Å². The van der Waals surface area contributed by atoms with E-state index in [9.17, 15) is 9.59 Å². The summed E-state index contributed by atoms with van der Waals surface area (Å²) in [5.74, 6) is 0.981. The Morgan fingerprint density at radius 1 is 0.839 bits per heavy atom. The molecule has 1 aliphatic heterocycles. The van der Waals surface area contributed by atoms with Crippen LogP contribution in [0, 0.1) is 6.92 Å². The maximum Gasteiger partial charge on any atom is 0.254 e. The minimum absolute atomic E-state index is 0.0279. The van der Waals surface area contributed by atoms with Crippen molar-refractivity contribution in [1.82, 2.24) is 14.8 Å². The fourth-order valence-corrected chi connectivity index (χ4v) is 3.92. The fourth-order valence-electron chi connectivity index (χ4n) is 3.92. The molecule has 4 rings (SSSR count). The predicted octanol–water partition coefficient (Wildman–Crippen LogP) is 3.16. The van der Waals surface area contributed by atoms with Crippen LogP contribution in [-0.2, 0) is 0 Å². The second-order valence-electron chi connectivity index (χ2n) is 7.48. The zero-order chi connectivity index (χ0) is 22.0. The summed E-state index contributed by atoms with van der Waals surface area (Å²) >= 11 is 0. The number of ether oxygens (including phenoxy) is 2. The molecule has 1 saturated heterocycles. The summed E-state index contributed by atoms with van der Waals surface area (Å²) in [5, 5.41) is 0.849. The number of amides is 2. The van der Waals surface area contributed by atoms with E-state index >= 15 is 0 Å². The third-order valence-electron chi connectivity index (χ3n) is 5.56. The zero-order valence-corrected chi connectivity index (χ0v) is 17.9. The molecular weight excluding hydrogens is 394 g/mol. The van der Waals surface area contributed by atoms with Crippen molar-refractivity contribution < 1.29 is 19.1 Å². The van der Waals surface area contributed by atoms with Gasteiger partial charge in [0.1, 0.15) is 0 Å². The van der Waals surface area contributed by atoms with Crippen LogP contribution in [0.2, 0.25) is 0 Å². The van der Waals surface area contributed by atoms with E-state index in [0.29, 0.717) is 48.8 Å². The lowest BCUT2D eigenvalue weighted by Crippen LogP contribution is -2.50. The van der Waals surface area contributed by atoms with Crippen LogP contribution >= 0.6 is 0 Å². The average Bonchev–Trinajstić information content (AvgIpc) is 2.82. The predicted molar refractivity (Wildman–Crippen MR) is 118 cm³/mol. The van der Waals surface area contributed by atoms with E-state index in [1.165, 1.54) is 0 Å². The number of pyridine rings is 1. The van der Waals surface area contributed by atoms with Crippen molar-refractivity contribution in [3.05, 3.63) is 65.4 Å². The van der Waals surface area contributed by atoms with Gasteiger partial charge in [-0.3, -0.25) is 14.6 Å². The molecular formula is C24H25N3O4. The van der Waals surface area contributed by atoms with Gasteiger partial charge in [-0.1, -0.05) is 18.2 Å². The van der Waals surface area contributed by atoms with Crippen molar-refractivity contribution in [1.29, 1.82) is 0 Å². The van der Waals surface area contributed by atoms with Gasteiger partial charge in [-0.05, 0) is 37.3 Å². The van der Waals surface area contributed by atoms with Gasteiger partial charge in [-0.2, -0.15) is 0 Å². The number of nitrogens with zero attached hydrogens (tertiary/aromatic N) is 3. The Bertz CT molecular complexity index is 1140. The first-order valence-electron chi connectivity index (χ1n) is 10.2. The minimum Gasteiger partial charge on any atom is -0.493 e. The lowest BCUT2D eigenvalue weighted by atomic mass is 10.1. The van der Waals surface area contributed by atoms with Crippen molar-refractivity contribution in [2.75, 3.05) is 40.4 Å². The van der Waals surface area contributed by atoms with Crippen LogP contribution in [0.3, 0.4) is 0 Å². The first-order chi connectivity index (χ1) is 15.0. The molecule has 1 aromatic heterocycles. The number of hydrogen-bond donors (Lipinski definition) is 0. The maximum atomic E-state index is 13.2. The molecule has 0 N–H and O–H groups in total. The first kappa shape index (κ1) is 20.7. The molecule has 0 unspecified atom stereocenters. The Balaban J connectivity index is 1.48. The van der Waals surface area contributed by atoms with Gasteiger partial charge < -0.3 is 19.3 Å². The Morgan fingerprint density at radius 2 is 1.48 bits per heavy atom. The Hall–Kier alpha value is -3.61. The standard InChI is InChI=1S/C24H25N3O4/c1-16-14-19(18-6-4-5-7-20(18)25-16)24(29)27-12-10-26(11-13-27)23(28)17-8-9-21(30-2)22(15-17)31-3/h4-9,14-15H,10-13H2,1-3H3. The van der Waals surface area contributed by atoms with Gasteiger partial charge in [0, 0.05) is 42.8 Å². The van der Waals surface area contributed by atoms with E-state index in [0.717, 1.165) is 16.6 Å². The number of para-hydroxylation sites is 1. The smallest absolute Gasteiger partial charge is 0.254 e. The molecule has 1 fully saturated rings. The third-order valence-corrected chi connectivity index (χ3v) is 5.56. The molecule has 7 heteroatoms. The maximum absolute atomic E-state index is 13.2. The van der Waals surface area contributed by atoms with Gasteiger partial charge >= 0.3 is 0 Å². The Labute approximate surface area is 181 Å². The first-order valence-corrected chi connectivity index (χ1v) is 10.2. The number of fused-ring (bicyclic) bond motifs is 1. The van der Waals surface area contributed by atoms with Crippen LogP contribution in [0.25, 0.3) is 10.9 Å². The van der Waals surface area contributed by atoms with E-state index in [-0.39, 0.29) is 11.8 Å².